The van der Waals surface area contributed by atoms with Crippen LogP contribution in [0.3, 0.4) is 0 Å². The third kappa shape index (κ3) is 3.35. The highest BCUT2D eigenvalue weighted by molar-refractivity contribution is 5.58. The minimum Gasteiger partial charge on any atom is -0.378 e. The van der Waals surface area contributed by atoms with Gasteiger partial charge in [0, 0.05) is 18.8 Å². The van der Waals surface area contributed by atoms with Crippen LogP contribution in [0.5, 0.6) is 0 Å². The van der Waals surface area contributed by atoms with Crippen molar-refractivity contribution < 1.29 is 4.74 Å². The fourth-order valence-electron chi connectivity index (χ4n) is 2.68. The van der Waals surface area contributed by atoms with E-state index in [1.807, 2.05) is 0 Å². The molecule has 2 rings (SSSR count). The van der Waals surface area contributed by atoms with E-state index in [0.29, 0.717) is 0 Å². The normalized spacial score (nSPS) is 17.4. The maximum absolute atomic E-state index is 5.48. The Hall–Kier alpha value is -1.02. The van der Waals surface area contributed by atoms with Crippen molar-refractivity contribution in [3.05, 3.63) is 29.3 Å². The van der Waals surface area contributed by atoms with Crippen molar-refractivity contribution in [3.8, 4) is 0 Å². The molecule has 0 spiro atoms. The van der Waals surface area contributed by atoms with E-state index in [1.54, 1.807) is 0 Å². The highest BCUT2D eigenvalue weighted by atomic mass is 16.5. The van der Waals surface area contributed by atoms with Crippen LogP contribution in [0, 0.1) is 0 Å². The lowest BCUT2D eigenvalue weighted by Crippen LogP contribution is -2.37. The molecule has 1 fully saturated rings. The van der Waals surface area contributed by atoms with Crippen LogP contribution >= 0.6 is 0 Å². The average Bonchev–Trinajstić information content (AvgIpc) is 2.37. The summed E-state index contributed by atoms with van der Waals surface area (Å²) in [4.78, 5) is 2.47. The fraction of sp³-hybridized carbons (Fsp3) is 0.667. The lowest BCUT2D eigenvalue weighted by Gasteiger charge is -2.35. The van der Waals surface area contributed by atoms with Crippen LogP contribution in [0.15, 0.2) is 18.2 Å². The van der Waals surface area contributed by atoms with E-state index >= 15 is 0 Å². The Kier molecular flexibility index (Phi) is 4.15. The summed E-state index contributed by atoms with van der Waals surface area (Å²) in [5.41, 5.74) is 4.61. The highest BCUT2D eigenvalue weighted by Crippen LogP contribution is 2.36. The number of hydrogen-bond acceptors (Lipinski definition) is 2. The Morgan fingerprint density at radius 1 is 0.900 bits per heavy atom. The molecule has 0 amide bonds. The lowest BCUT2D eigenvalue weighted by atomic mass is 9.79. The molecule has 1 heterocycles. The number of nitrogens with zero attached hydrogens (tertiary/aromatic N) is 1. The number of rotatable bonds is 1. The first-order valence-corrected chi connectivity index (χ1v) is 7.67. The Morgan fingerprint density at radius 2 is 1.50 bits per heavy atom. The molecule has 0 aliphatic carbocycles. The average molecular weight is 275 g/mol. The van der Waals surface area contributed by atoms with Crippen LogP contribution in [-0.2, 0) is 15.6 Å². The Balaban J connectivity index is 2.45. The highest BCUT2D eigenvalue weighted by Gasteiger charge is 2.25. The minimum absolute atomic E-state index is 0.162. The monoisotopic (exact) mass is 275 g/mol. The number of anilines is 1. The van der Waals surface area contributed by atoms with Gasteiger partial charge in [-0.05, 0) is 28.0 Å². The predicted molar refractivity (Wildman–Crippen MR) is 86.9 cm³/mol. The van der Waals surface area contributed by atoms with Crippen molar-refractivity contribution in [1.29, 1.82) is 0 Å². The van der Waals surface area contributed by atoms with Crippen molar-refractivity contribution in [1.82, 2.24) is 0 Å². The number of benzene rings is 1. The number of ether oxygens (including phenoxy) is 1. The van der Waals surface area contributed by atoms with Gasteiger partial charge in [0.2, 0.25) is 0 Å². The van der Waals surface area contributed by atoms with Gasteiger partial charge in [-0.25, -0.2) is 0 Å². The zero-order valence-electron chi connectivity index (χ0n) is 13.9. The summed E-state index contributed by atoms with van der Waals surface area (Å²) < 4.78 is 5.48. The van der Waals surface area contributed by atoms with E-state index in [0.717, 1.165) is 26.3 Å². The molecule has 2 nitrogen and oxygen atoms in total. The smallest absolute Gasteiger partial charge is 0.0642 e. The van der Waals surface area contributed by atoms with Crippen LogP contribution in [-0.4, -0.2) is 26.3 Å². The van der Waals surface area contributed by atoms with E-state index < -0.39 is 0 Å². The summed E-state index contributed by atoms with van der Waals surface area (Å²) in [6, 6.07) is 7.01. The Labute approximate surface area is 124 Å². The third-order valence-corrected chi connectivity index (χ3v) is 4.02. The minimum atomic E-state index is 0.162. The molecule has 112 valence electrons. The summed E-state index contributed by atoms with van der Waals surface area (Å²) in [5, 5.41) is 0. The van der Waals surface area contributed by atoms with Gasteiger partial charge < -0.3 is 9.64 Å². The molecule has 0 radical (unpaired) electrons. The molecule has 2 heteroatoms. The quantitative estimate of drug-likeness (QED) is 0.764. The van der Waals surface area contributed by atoms with Gasteiger partial charge in [0.25, 0.3) is 0 Å². The summed E-state index contributed by atoms with van der Waals surface area (Å²) in [6.07, 6.45) is 0. The number of morpholine rings is 1. The molecule has 0 N–H and O–H groups in total. The molecule has 0 atom stereocenters. The summed E-state index contributed by atoms with van der Waals surface area (Å²) >= 11 is 0. The van der Waals surface area contributed by atoms with Gasteiger partial charge in [0.05, 0.1) is 13.2 Å². The molecule has 0 saturated carbocycles. The van der Waals surface area contributed by atoms with Crippen molar-refractivity contribution in [2.24, 2.45) is 0 Å². The molecule has 0 bridgehead atoms. The topological polar surface area (TPSA) is 12.5 Å². The lowest BCUT2D eigenvalue weighted by molar-refractivity contribution is 0.122. The summed E-state index contributed by atoms with van der Waals surface area (Å²) in [6.45, 7) is 17.4. The van der Waals surface area contributed by atoms with Crippen LogP contribution in [0.4, 0.5) is 5.69 Å². The first-order chi connectivity index (χ1) is 9.19. The third-order valence-electron chi connectivity index (χ3n) is 4.02. The Bertz CT molecular complexity index is 459. The van der Waals surface area contributed by atoms with E-state index in [2.05, 4.69) is 64.6 Å². The van der Waals surface area contributed by atoms with E-state index in [-0.39, 0.29) is 10.8 Å². The maximum atomic E-state index is 5.48. The van der Waals surface area contributed by atoms with E-state index in [9.17, 15) is 0 Å². The molecule has 1 aromatic carbocycles. The molecule has 0 aromatic heterocycles. The predicted octanol–water partition coefficient (Wildman–Crippen LogP) is 4.12. The fourth-order valence-corrected chi connectivity index (χ4v) is 2.68. The molecule has 1 saturated heterocycles. The molecule has 20 heavy (non-hydrogen) atoms. The first kappa shape index (κ1) is 15.4. The van der Waals surface area contributed by atoms with Gasteiger partial charge in [-0.3, -0.25) is 0 Å². The van der Waals surface area contributed by atoms with Crippen LogP contribution in [0.1, 0.15) is 52.7 Å². The van der Waals surface area contributed by atoms with E-state index in [4.69, 9.17) is 4.74 Å². The summed E-state index contributed by atoms with van der Waals surface area (Å²) in [7, 11) is 0. The van der Waals surface area contributed by atoms with Crippen molar-refractivity contribution >= 4 is 5.69 Å². The second-order valence-electron chi connectivity index (χ2n) is 7.83. The Morgan fingerprint density at radius 3 is 2.00 bits per heavy atom. The van der Waals surface area contributed by atoms with Crippen LogP contribution in [0.2, 0.25) is 0 Å². The zero-order valence-corrected chi connectivity index (χ0v) is 13.9. The molecule has 0 unspecified atom stereocenters. The second kappa shape index (κ2) is 5.40. The maximum Gasteiger partial charge on any atom is 0.0642 e. The van der Waals surface area contributed by atoms with Gasteiger partial charge in [0.1, 0.15) is 0 Å². The van der Waals surface area contributed by atoms with Gasteiger partial charge in [-0.15, -0.1) is 0 Å². The summed E-state index contributed by atoms with van der Waals surface area (Å²) in [5.74, 6) is 0. The zero-order chi connectivity index (χ0) is 15.0. The standard InChI is InChI=1S/C18H29NO/c1-17(2,3)14-7-8-16(15(13-14)18(4,5)6)19-9-11-20-12-10-19/h7-8,13H,9-12H2,1-6H3. The largest absolute Gasteiger partial charge is 0.378 e. The molecular formula is C18H29NO. The van der Waals surface area contributed by atoms with Gasteiger partial charge in [0.15, 0.2) is 0 Å². The van der Waals surface area contributed by atoms with Crippen LogP contribution < -0.4 is 4.90 Å². The second-order valence-corrected chi connectivity index (χ2v) is 7.83. The molecule has 1 aliphatic heterocycles. The van der Waals surface area contributed by atoms with Gasteiger partial charge in [-0.2, -0.15) is 0 Å². The van der Waals surface area contributed by atoms with Crippen molar-refractivity contribution in [2.45, 2.75) is 52.4 Å². The van der Waals surface area contributed by atoms with Crippen LogP contribution in [0.25, 0.3) is 0 Å². The van der Waals surface area contributed by atoms with Gasteiger partial charge >= 0.3 is 0 Å². The van der Waals surface area contributed by atoms with Gasteiger partial charge in [-0.1, -0.05) is 53.7 Å². The molecule has 1 aliphatic rings. The van der Waals surface area contributed by atoms with Crippen molar-refractivity contribution in [2.75, 3.05) is 31.2 Å². The van der Waals surface area contributed by atoms with Crippen molar-refractivity contribution in [3.63, 3.8) is 0 Å². The SMILES string of the molecule is CC(C)(C)c1ccc(N2CCOCC2)c(C(C)(C)C)c1. The number of hydrogen-bond donors (Lipinski definition) is 0. The molecule has 1 aromatic rings. The molecular weight excluding hydrogens is 246 g/mol. The first-order valence-electron chi connectivity index (χ1n) is 7.67. The van der Waals surface area contributed by atoms with E-state index in [1.165, 1.54) is 16.8 Å².